The highest BCUT2D eigenvalue weighted by atomic mass is 19.1. The van der Waals surface area contributed by atoms with Crippen molar-refractivity contribution in [3.8, 4) is 11.3 Å². The number of rotatable bonds is 3. The van der Waals surface area contributed by atoms with Crippen LogP contribution in [0.5, 0.6) is 0 Å². The zero-order chi connectivity index (χ0) is 22.1. The molecule has 3 aliphatic rings. The lowest BCUT2D eigenvalue weighted by Gasteiger charge is -2.37. The van der Waals surface area contributed by atoms with Crippen molar-refractivity contribution in [3.05, 3.63) is 77.0 Å². The van der Waals surface area contributed by atoms with E-state index >= 15 is 0 Å². The van der Waals surface area contributed by atoms with Gasteiger partial charge in [-0.25, -0.2) is 13.8 Å². The number of hydrogen-bond donors (Lipinski definition) is 0. The summed E-state index contributed by atoms with van der Waals surface area (Å²) >= 11 is 0. The maximum Gasteiger partial charge on any atom is 0.135 e. The van der Waals surface area contributed by atoms with Gasteiger partial charge in [0.2, 0.25) is 0 Å². The Hall–Kier alpha value is -3.35. The summed E-state index contributed by atoms with van der Waals surface area (Å²) in [5, 5.41) is 8.87. The molecule has 1 aromatic carbocycles. The Morgan fingerprint density at radius 2 is 1.84 bits per heavy atom. The van der Waals surface area contributed by atoms with Crippen LogP contribution in [-0.2, 0) is 5.41 Å². The SMILES string of the molecule is CC1(C)[C@H]2CC[C@]1(c1cncc(C3=CC=NC3)n1)c1nnc(-c3c(F)cccc3F)cc12. The van der Waals surface area contributed by atoms with Gasteiger partial charge < -0.3 is 0 Å². The second-order valence-electron chi connectivity index (χ2n) is 9.32. The molecule has 0 N–H and O–H groups in total. The highest BCUT2D eigenvalue weighted by molar-refractivity contribution is 5.88. The third kappa shape index (κ3) is 2.39. The second-order valence-corrected chi connectivity index (χ2v) is 9.32. The molecule has 2 aliphatic carbocycles. The van der Waals surface area contributed by atoms with Gasteiger partial charge in [0.05, 0.1) is 46.5 Å². The van der Waals surface area contributed by atoms with Crippen molar-refractivity contribution in [3.63, 3.8) is 0 Å². The number of aliphatic imine (C=N–C) groups is 1. The minimum atomic E-state index is -0.637. The van der Waals surface area contributed by atoms with E-state index < -0.39 is 17.0 Å². The van der Waals surface area contributed by atoms with Crippen molar-refractivity contribution in [2.24, 2.45) is 10.4 Å². The predicted octanol–water partition coefficient (Wildman–Crippen LogP) is 4.88. The van der Waals surface area contributed by atoms with Crippen LogP contribution in [0.4, 0.5) is 8.78 Å². The Morgan fingerprint density at radius 1 is 1.03 bits per heavy atom. The second kappa shape index (κ2) is 6.58. The summed E-state index contributed by atoms with van der Waals surface area (Å²) in [5.41, 5.74) is 4.04. The molecule has 0 unspecified atom stereocenters. The molecular formula is C25H21F2N5. The van der Waals surface area contributed by atoms with E-state index in [2.05, 4.69) is 34.0 Å². The zero-order valence-electron chi connectivity index (χ0n) is 17.8. The van der Waals surface area contributed by atoms with E-state index in [-0.39, 0.29) is 22.6 Å². The zero-order valence-corrected chi connectivity index (χ0v) is 17.8. The molecular weight excluding hydrogens is 408 g/mol. The summed E-state index contributed by atoms with van der Waals surface area (Å²) in [6, 6.07) is 5.66. The van der Waals surface area contributed by atoms with Crippen LogP contribution in [0.15, 0.2) is 47.7 Å². The van der Waals surface area contributed by atoms with Crippen LogP contribution < -0.4 is 0 Å². The first-order chi connectivity index (χ1) is 15.4. The van der Waals surface area contributed by atoms with Gasteiger partial charge in [0.15, 0.2) is 0 Å². The molecule has 3 aromatic rings. The van der Waals surface area contributed by atoms with Crippen molar-refractivity contribution < 1.29 is 8.78 Å². The van der Waals surface area contributed by atoms with Crippen molar-refractivity contribution in [1.29, 1.82) is 0 Å². The standard InChI is InChI=1S/C25H21F2N5/c1-24(2)16-6-8-25(24,21-13-29-12-20(30-21)14-7-9-28-11-14)23-15(16)10-19(31-32-23)22-17(26)4-3-5-18(22)27/h3-5,7,9-10,12-13,16H,6,8,11H2,1-2H3/t16-,25-/m0/s1. The van der Waals surface area contributed by atoms with Crippen molar-refractivity contribution in [1.82, 2.24) is 20.2 Å². The number of halogens is 2. The fourth-order valence-electron chi connectivity index (χ4n) is 6.00. The number of aromatic nitrogens is 4. The number of nitrogens with zero attached hydrogens (tertiary/aromatic N) is 5. The summed E-state index contributed by atoms with van der Waals surface area (Å²) in [7, 11) is 0. The van der Waals surface area contributed by atoms with Crippen molar-refractivity contribution in [2.45, 2.75) is 38.0 Å². The van der Waals surface area contributed by atoms with Crippen molar-refractivity contribution in [2.75, 3.05) is 6.54 Å². The fraction of sp³-hybridized carbons (Fsp3) is 0.320. The molecule has 160 valence electrons. The Labute approximate surface area is 184 Å². The summed E-state index contributed by atoms with van der Waals surface area (Å²) in [4.78, 5) is 13.8. The lowest BCUT2D eigenvalue weighted by Crippen LogP contribution is -2.38. The molecule has 0 amide bonds. The molecule has 3 heterocycles. The van der Waals surface area contributed by atoms with E-state index in [1.165, 1.54) is 18.2 Å². The molecule has 0 saturated heterocycles. The van der Waals surface area contributed by atoms with Gasteiger partial charge in [-0.3, -0.25) is 9.98 Å². The molecule has 1 saturated carbocycles. The third-order valence-electron chi connectivity index (χ3n) is 7.64. The van der Waals surface area contributed by atoms with Gasteiger partial charge in [-0.15, -0.1) is 5.10 Å². The van der Waals surface area contributed by atoms with E-state index in [1.54, 1.807) is 12.4 Å². The van der Waals surface area contributed by atoms with Crippen LogP contribution in [0.3, 0.4) is 0 Å². The average Bonchev–Trinajstić information content (AvgIpc) is 3.45. The lowest BCUT2D eigenvalue weighted by atomic mass is 9.66. The Morgan fingerprint density at radius 3 is 2.59 bits per heavy atom. The van der Waals surface area contributed by atoms with Gasteiger partial charge in [0, 0.05) is 18.0 Å². The largest absolute Gasteiger partial charge is 0.288 e. The number of benzene rings is 1. The van der Waals surface area contributed by atoms with Gasteiger partial charge >= 0.3 is 0 Å². The molecule has 1 fully saturated rings. The topological polar surface area (TPSA) is 63.9 Å². The van der Waals surface area contributed by atoms with Gasteiger partial charge in [0.25, 0.3) is 0 Å². The smallest absolute Gasteiger partial charge is 0.135 e. The lowest BCUT2D eigenvalue weighted by molar-refractivity contribution is 0.242. The van der Waals surface area contributed by atoms with Gasteiger partial charge in [-0.1, -0.05) is 19.9 Å². The van der Waals surface area contributed by atoms with Crippen LogP contribution in [0.25, 0.3) is 16.8 Å². The molecule has 2 aromatic heterocycles. The minimum absolute atomic E-state index is 0.132. The highest BCUT2D eigenvalue weighted by Crippen LogP contribution is 2.69. The third-order valence-corrected chi connectivity index (χ3v) is 7.64. The van der Waals surface area contributed by atoms with Gasteiger partial charge in [-0.2, -0.15) is 5.10 Å². The molecule has 7 heteroatoms. The Kier molecular flexibility index (Phi) is 3.97. The van der Waals surface area contributed by atoms with Gasteiger partial charge in [0.1, 0.15) is 11.6 Å². The molecule has 1 aliphatic heterocycles. The van der Waals surface area contributed by atoms with Crippen LogP contribution >= 0.6 is 0 Å². The van der Waals surface area contributed by atoms with E-state index in [0.717, 1.165) is 41.1 Å². The van der Waals surface area contributed by atoms with Gasteiger partial charge in [-0.05, 0) is 54.0 Å². The van der Waals surface area contributed by atoms with E-state index in [1.807, 2.05) is 18.3 Å². The summed E-state index contributed by atoms with van der Waals surface area (Å²) in [6.45, 7) is 5.05. The fourth-order valence-corrected chi connectivity index (χ4v) is 6.00. The maximum absolute atomic E-state index is 14.4. The van der Waals surface area contributed by atoms with Crippen LogP contribution in [0.2, 0.25) is 0 Å². The molecule has 5 nitrogen and oxygen atoms in total. The normalized spacial score (nSPS) is 24.6. The molecule has 0 radical (unpaired) electrons. The number of hydrogen-bond acceptors (Lipinski definition) is 5. The van der Waals surface area contributed by atoms with Crippen LogP contribution in [0, 0.1) is 17.0 Å². The molecule has 2 bridgehead atoms. The molecule has 6 rings (SSSR count). The first-order valence-corrected chi connectivity index (χ1v) is 10.8. The maximum atomic E-state index is 14.4. The van der Waals surface area contributed by atoms with E-state index in [9.17, 15) is 8.78 Å². The van der Waals surface area contributed by atoms with Crippen LogP contribution in [0.1, 0.15) is 55.3 Å². The van der Waals surface area contributed by atoms with Crippen molar-refractivity contribution >= 4 is 11.8 Å². The summed E-state index contributed by atoms with van der Waals surface area (Å²) < 4.78 is 28.8. The Balaban J connectivity index is 1.52. The first kappa shape index (κ1) is 19.3. The van der Waals surface area contributed by atoms with E-state index in [0.29, 0.717) is 6.54 Å². The van der Waals surface area contributed by atoms with Crippen LogP contribution in [-0.4, -0.2) is 32.9 Å². The number of allylic oxidation sites excluding steroid dienone is 1. The quantitative estimate of drug-likeness (QED) is 0.595. The summed E-state index contributed by atoms with van der Waals surface area (Å²) in [6.07, 6.45) is 9.18. The first-order valence-electron chi connectivity index (χ1n) is 10.8. The van der Waals surface area contributed by atoms with E-state index in [4.69, 9.17) is 4.98 Å². The predicted molar refractivity (Wildman–Crippen MR) is 117 cm³/mol. The Bertz CT molecular complexity index is 1310. The summed E-state index contributed by atoms with van der Waals surface area (Å²) in [5.74, 6) is -1.08. The number of fused-ring (bicyclic) bond motifs is 5. The minimum Gasteiger partial charge on any atom is -0.288 e. The molecule has 0 spiro atoms. The molecule has 32 heavy (non-hydrogen) atoms. The monoisotopic (exact) mass is 429 g/mol. The highest BCUT2D eigenvalue weighted by Gasteiger charge is 2.65. The molecule has 2 atom stereocenters. The average molecular weight is 429 g/mol.